The number of rotatable bonds is 6. The van der Waals surface area contributed by atoms with Crippen LogP contribution in [0.5, 0.6) is 11.5 Å². The Morgan fingerprint density at radius 1 is 1.31 bits per heavy atom. The summed E-state index contributed by atoms with van der Waals surface area (Å²) in [6, 6.07) is 0. The van der Waals surface area contributed by atoms with Crippen LogP contribution in [0.15, 0.2) is 11.6 Å². The average molecular weight is 423 g/mol. The minimum Gasteiger partial charge on any atom is -0.507 e. The topological polar surface area (TPSA) is 94.8 Å². The molecule has 5 nitrogen and oxygen atoms in total. The Balaban J connectivity index is 2.25. The zero-order chi connectivity index (χ0) is 22.1. The highest BCUT2D eigenvalue weighted by molar-refractivity contribution is 6.33. The number of carbonyl (C=O) groups is 2. The van der Waals surface area contributed by atoms with Gasteiger partial charge in [-0.15, -0.1) is 0 Å². The third-order valence-corrected chi connectivity index (χ3v) is 7.56. The van der Waals surface area contributed by atoms with Gasteiger partial charge in [-0.2, -0.15) is 0 Å². The number of aliphatic hydroxyl groups is 1. The molecule has 29 heavy (non-hydrogen) atoms. The molecule has 0 aromatic heterocycles. The predicted molar refractivity (Wildman–Crippen MR) is 114 cm³/mol. The lowest BCUT2D eigenvalue weighted by molar-refractivity contribution is -0.133. The molecule has 160 valence electrons. The van der Waals surface area contributed by atoms with E-state index in [2.05, 4.69) is 13.8 Å². The first-order valence-corrected chi connectivity index (χ1v) is 10.4. The molecule has 3 N–H and O–H groups in total. The lowest BCUT2D eigenvalue weighted by Crippen LogP contribution is -2.43. The quantitative estimate of drug-likeness (QED) is 0.454. The van der Waals surface area contributed by atoms with Crippen molar-refractivity contribution in [2.24, 2.45) is 17.3 Å². The third kappa shape index (κ3) is 4.36. The molecule has 0 heterocycles. The van der Waals surface area contributed by atoms with E-state index in [9.17, 15) is 24.9 Å². The van der Waals surface area contributed by atoms with Crippen LogP contribution in [-0.2, 0) is 11.2 Å². The van der Waals surface area contributed by atoms with Gasteiger partial charge in [0.1, 0.15) is 17.3 Å². The summed E-state index contributed by atoms with van der Waals surface area (Å²) in [4.78, 5) is 23.5. The Bertz CT molecular complexity index is 844. The van der Waals surface area contributed by atoms with Gasteiger partial charge in [-0.05, 0) is 55.6 Å². The highest BCUT2D eigenvalue weighted by Crippen LogP contribution is 2.47. The van der Waals surface area contributed by atoms with Gasteiger partial charge in [-0.3, -0.25) is 9.59 Å². The minimum atomic E-state index is -0.758. The molecular weight excluding hydrogens is 392 g/mol. The van der Waals surface area contributed by atoms with Crippen molar-refractivity contribution in [3.05, 3.63) is 33.4 Å². The highest BCUT2D eigenvalue weighted by Gasteiger charge is 2.44. The van der Waals surface area contributed by atoms with Gasteiger partial charge in [0.25, 0.3) is 0 Å². The van der Waals surface area contributed by atoms with Crippen LogP contribution >= 0.6 is 11.6 Å². The molecule has 1 aromatic rings. The summed E-state index contributed by atoms with van der Waals surface area (Å²) >= 11 is 6.09. The van der Waals surface area contributed by atoms with Gasteiger partial charge in [0, 0.05) is 17.9 Å². The zero-order valence-electron chi connectivity index (χ0n) is 17.8. The second-order valence-corrected chi connectivity index (χ2v) is 9.03. The lowest BCUT2D eigenvalue weighted by Gasteiger charge is -2.45. The number of aromatic hydroxyl groups is 2. The Morgan fingerprint density at radius 2 is 1.93 bits per heavy atom. The van der Waals surface area contributed by atoms with Crippen molar-refractivity contribution in [1.29, 1.82) is 0 Å². The maximum absolute atomic E-state index is 12.2. The lowest BCUT2D eigenvalue weighted by atomic mass is 9.59. The van der Waals surface area contributed by atoms with Crippen LogP contribution in [0.3, 0.4) is 0 Å². The molecule has 1 saturated carbocycles. The van der Waals surface area contributed by atoms with Crippen molar-refractivity contribution in [2.75, 3.05) is 0 Å². The molecule has 0 bridgehead atoms. The van der Waals surface area contributed by atoms with E-state index in [1.165, 1.54) is 0 Å². The molecule has 0 aliphatic heterocycles. The standard InChI is InChI=1S/C23H31ClO5/c1-12(19(27)10-23(5)13(2)7-9-18(26)15(23)4)6-8-16-21(28)17(11-25)14(3)20(24)22(16)29/h6,11,13,15,19,27-29H,7-10H2,1-5H3/b12-6+/t13-,15+,19+,23+/m0/s1. The van der Waals surface area contributed by atoms with Crippen molar-refractivity contribution in [1.82, 2.24) is 0 Å². The van der Waals surface area contributed by atoms with Crippen LogP contribution in [0.1, 0.15) is 68.4 Å². The fourth-order valence-corrected chi connectivity index (χ4v) is 4.49. The van der Waals surface area contributed by atoms with E-state index in [4.69, 9.17) is 11.6 Å². The molecule has 2 rings (SSSR count). The molecule has 0 radical (unpaired) electrons. The van der Waals surface area contributed by atoms with Gasteiger partial charge < -0.3 is 15.3 Å². The first kappa shape index (κ1) is 23.4. The van der Waals surface area contributed by atoms with E-state index in [0.717, 1.165) is 6.42 Å². The second-order valence-electron chi connectivity index (χ2n) is 8.65. The van der Waals surface area contributed by atoms with E-state index >= 15 is 0 Å². The Labute approximate surface area is 177 Å². The average Bonchev–Trinajstić information content (AvgIpc) is 2.68. The molecule has 4 atom stereocenters. The number of Topliss-reactive ketones (excluding diaryl/α,β-unsaturated/α-hetero) is 1. The molecule has 6 heteroatoms. The van der Waals surface area contributed by atoms with Gasteiger partial charge in [0.2, 0.25) is 0 Å². The van der Waals surface area contributed by atoms with Crippen molar-refractivity contribution in [3.63, 3.8) is 0 Å². The number of allylic oxidation sites excluding steroid dienone is 1. The number of halogens is 1. The number of hydrogen-bond donors (Lipinski definition) is 3. The summed E-state index contributed by atoms with van der Waals surface area (Å²) in [5.41, 5.74) is 0.887. The summed E-state index contributed by atoms with van der Waals surface area (Å²) in [5.74, 6) is -0.127. The van der Waals surface area contributed by atoms with Crippen molar-refractivity contribution >= 4 is 23.7 Å². The molecular formula is C23H31ClO5. The number of ketones is 1. The number of carbonyl (C=O) groups excluding carboxylic acids is 2. The maximum atomic E-state index is 12.2. The normalized spacial score (nSPS) is 26.4. The molecule has 1 fully saturated rings. The smallest absolute Gasteiger partial charge is 0.154 e. The monoisotopic (exact) mass is 422 g/mol. The molecule has 0 amide bonds. The van der Waals surface area contributed by atoms with Crippen LogP contribution < -0.4 is 0 Å². The molecule has 1 aliphatic carbocycles. The van der Waals surface area contributed by atoms with Gasteiger partial charge in [-0.1, -0.05) is 38.4 Å². The van der Waals surface area contributed by atoms with E-state index < -0.39 is 6.10 Å². The van der Waals surface area contributed by atoms with Crippen LogP contribution in [0.4, 0.5) is 0 Å². The summed E-state index contributed by atoms with van der Waals surface area (Å²) in [7, 11) is 0. The van der Waals surface area contributed by atoms with E-state index in [1.807, 2.05) is 6.92 Å². The summed E-state index contributed by atoms with van der Waals surface area (Å²) in [6.45, 7) is 9.45. The summed E-state index contributed by atoms with van der Waals surface area (Å²) < 4.78 is 0. The highest BCUT2D eigenvalue weighted by atomic mass is 35.5. The van der Waals surface area contributed by atoms with Crippen LogP contribution in [0.2, 0.25) is 5.02 Å². The van der Waals surface area contributed by atoms with Crippen LogP contribution in [-0.4, -0.2) is 33.5 Å². The van der Waals surface area contributed by atoms with E-state index in [-0.39, 0.29) is 51.2 Å². The zero-order valence-corrected chi connectivity index (χ0v) is 18.5. The summed E-state index contributed by atoms with van der Waals surface area (Å²) in [5, 5.41) is 31.5. The second kappa shape index (κ2) is 8.88. The number of hydrogen-bond acceptors (Lipinski definition) is 5. The van der Waals surface area contributed by atoms with Crippen LogP contribution in [0.25, 0.3) is 0 Å². The van der Waals surface area contributed by atoms with E-state index in [1.54, 1.807) is 19.9 Å². The minimum absolute atomic E-state index is 0.0300. The fourth-order valence-electron chi connectivity index (χ4n) is 4.27. The Hall–Kier alpha value is -1.85. The SMILES string of the molecule is C/C(=C\Cc1c(O)c(Cl)c(C)c(C=O)c1O)[C@H](O)C[C@@]1(C)[C@H](C)C(=O)CC[C@@H]1C. The number of aldehydes is 1. The van der Waals surface area contributed by atoms with Gasteiger partial charge in [0.05, 0.1) is 16.7 Å². The third-order valence-electron chi connectivity index (χ3n) is 7.09. The molecule has 0 spiro atoms. The van der Waals surface area contributed by atoms with Crippen molar-refractivity contribution in [3.8, 4) is 11.5 Å². The number of phenols is 2. The summed E-state index contributed by atoms with van der Waals surface area (Å²) in [6.07, 6.45) is 3.45. The first-order chi connectivity index (χ1) is 13.5. The largest absolute Gasteiger partial charge is 0.507 e. The van der Waals surface area contributed by atoms with Crippen LogP contribution in [0, 0.1) is 24.2 Å². The molecule has 0 unspecified atom stereocenters. The molecule has 1 aliphatic rings. The maximum Gasteiger partial charge on any atom is 0.154 e. The molecule has 1 aromatic carbocycles. The Kier molecular flexibility index (Phi) is 7.18. The number of aliphatic hydroxyl groups excluding tert-OH is 1. The predicted octanol–water partition coefficient (Wildman–Crippen LogP) is 4.75. The van der Waals surface area contributed by atoms with Gasteiger partial charge >= 0.3 is 0 Å². The fraction of sp³-hybridized carbons (Fsp3) is 0.565. The van der Waals surface area contributed by atoms with Crippen molar-refractivity contribution < 1.29 is 24.9 Å². The van der Waals surface area contributed by atoms with Gasteiger partial charge in [-0.25, -0.2) is 0 Å². The molecule has 0 saturated heterocycles. The van der Waals surface area contributed by atoms with E-state index in [0.29, 0.717) is 36.2 Å². The number of benzene rings is 1. The Morgan fingerprint density at radius 3 is 2.52 bits per heavy atom. The van der Waals surface area contributed by atoms with Crippen molar-refractivity contribution in [2.45, 2.75) is 66.4 Å². The number of phenolic OH excluding ortho intramolecular Hbond substituents is 2. The van der Waals surface area contributed by atoms with Gasteiger partial charge in [0.15, 0.2) is 6.29 Å². The first-order valence-electron chi connectivity index (χ1n) is 10.0.